The summed E-state index contributed by atoms with van der Waals surface area (Å²) in [7, 11) is 1.62. The third-order valence-corrected chi connectivity index (χ3v) is 6.49. The Hall–Kier alpha value is -3.01. The van der Waals surface area contributed by atoms with Crippen molar-refractivity contribution in [1.82, 2.24) is 4.90 Å². The first-order valence-corrected chi connectivity index (χ1v) is 11.7. The van der Waals surface area contributed by atoms with E-state index < -0.39 is 11.9 Å². The van der Waals surface area contributed by atoms with Gasteiger partial charge < -0.3 is 30.3 Å². The maximum atomic E-state index is 12.8. The second-order valence-electron chi connectivity index (χ2n) is 8.35. The summed E-state index contributed by atoms with van der Waals surface area (Å²) < 4.78 is 10.6. The zero-order chi connectivity index (χ0) is 24.1. The van der Waals surface area contributed by atoms with Crippen LogP contribution >= 0.6 is 11.6 Å². The number of halogens is 1. The molecule has 2 aliphatic rings. The van der Waals surface area contributed by atoms with Gasteiger partial charge in [-0.3, -0.25) is 14.5 Å². The number of carbonyl (C=O) groups is 2. The molecule has 10 heteroatoms. The van der Waals surface area contributed by atoms with Gasteiger partial charge in [-0.1, -0.05) is 11.6 Å². The Bertz CT molecular complexity index is 1010. The van der Waals surface area contributed by atoms with Crippen LogP contribution in [0.2, 0.25) is 5.02 Å². The summed E-state index contributed by atoms with van der Waals surface area (Å²) in [5, 5.41) is 3.46. The quantitative estimate of drug-likeness (QED) is 0.614. The third kappa shape index (κ3) is 5.72. The molecule has 2 aliphatic heterocycles. The van der Waals surface area contributed by atoms with E-state index in [1.54, 1.807) is 13.2 Å². The molecule has 2 aromatic rings. The number of hydrogen-bond acceptors (Lipinski definition) is 7. The van der Waals surface area contributed by atoms with E-state index in [4.69, 9.17) is 26.8 Å². The van der Waals surface area contributed by atoms with Gasteiger partial charge in [-0.2, -0.15) is 0 Å². The Morgan fingerprint density at radius 2 is 1.82 bits per heavy atom. The molecule has 0 aliphatic carbocycles. The van der Waals surface area contributed by atoms with Gasteiger partial charge in [0.2, 0.25) is 11.8 Å². The molecule has 182 valence electrons. The number of benzene rings is 2. The maximum absolute atomic E-state index is 12.8. The number of hydrogen-bond donors (Lipinski definition) is 2. The van der Waals surface area contributed by atoms with Crippen LogP contribution < -0.4 is 25.6 Å². The van der Waals surface area contributed by atoms with E-state index in [1.165, 1.54) is 0 Å². The number of anilines is 3. The largest absolute Gasteiger partial charge is 0.497 e. The number of methoxy groups -OCH3 is 1. The number of ether oxygens (including phenoxy) is 2. The number of nitrogens with two attached hydrogens (primary N) is 1. The topological polar surface area (TPSA) is 100 Å². The first-order chi connectivity index (χ1) is 16.4. The zero-order valence-electron chi connectivity index (χ0n) is 19.2. The van der Waals surface area contributed by atoms with Crippen LogP contribution in [0.5, 0.6) is 5.75 Å². The molecule has 2 aromatic carbocycles. The van der Waals surface area contributed by atoms with Crippen LogP contribution in [0, 0.1) is 0 Å². The first-order valence-electron chi connectivity index (χ1n) is 11.3. The molecule has 0 saturated carbocycles. The van der Waals surface area contributed by atoms with E-state index in [-0.39, 0.29) is 12.5 Å². The zero-order valence-corrected chi connectivity index (χ0v) is 20.0. The first kappa shape index (κ1) is 24.1. The van der Waals surface area contributed by atoms with Gasteiger partial charge in [0.1, 0.15) is 11.8 Å². The summed E-state index contributed by atoms with van der Waals surface area (Å²) >= 11 is 6.48. The van der Waals surface area contributed by atoms with Gasteiger partial charge in [-0.05, 0) is 42.5 Å². The lowest BCUT2D eigenvalue weighted by molar-refractivity contribution is -0.125. The summed E-state index contributed by atoms with van der Waals surface area (Å²) in [4.78, 5) is 31.0. The molecule has 34 heavy (non-hydrogen) atoms. The van der Waals surface area contributed by atoms with Crippen molar-refractivity contribution >= 4 is 40.5 Å². The van der Waals surface area contributed by atoms with Crippen LogP contribution in [0.3, 0.4) is 0 Å². The number of primary amides is 1. The summed E-state index contributed by atoms with van der Waals surface area (Å²) in [6.45, 7) is 4.57. The van der Waals surface area contributed by atoms with Gasteiger partial charge in [0, 0.05) is 44.1 Å². The highest BCUT2D eigenvalue weighted by Gasteiger charge is 2.32. The lowest BCUT2D eigenvalue weighted by Gasteiger charge is -2.40. The highest BCUT2D eigenvalue weighted by Crippen LogP contribution is 2.29. The Balaban J connectivity index is 1.36. The molecular weight excluding hydrogens is 458 g/mol. The van der Waals surface area contributed by atoms with Crippen LogP contribution in [0.1, 0.15) is 0 Å². The lowest BCUT2D eigenvalue weighted by Crippen LogP contribution is -2.59. The van der Waals surface area contributed by atoms with Gasteiger partial charge in [-0.25, -0.2) is 0 Å². The molecule has 3 N–H and O–H groups in total. The molecule has 4 rings (SSSR count). The lowest BCUT2D eigenvalue weighted by atomic mass is 10.1. The van der Waals surface area contributed by atoms with Crippen molar-refractivity contribution < 1.29 is 19.1 Å². The summed E-state index contributed by atoms with van der Waals surface area (Å²) in [5.74, 6) is 0.0897. The van der Waals surface area contributed by atoms with Crippen LogP contribution in [-0.2, 0) is 14.3 Å². The van der Waals surface area contributed by atoms with Crippen molar-refractivity contribution in [2.45, 2.75) is 6.04 Å². The molecule has 2 saturated heterocycles. The molecule has 0 radical (unpaired) electrons. The molecule has 9 nitrogen and oxygen atoms in total. The average Bonchev–Trinajstić information content (AvgIpc) is 2.85. The number of morpholine rings is 1. The summed E-state index contributed by atoms with van der Waals surface area (Å²) in [6, 6.07) is 12.6. The SMILES string of the molecule is COc1ccc(N2CCN(CC(=O)Nc3ccc(N4CCOCC4)c(Cl)c3)[C@H](C(N)=O)C2)cc1. The Labute approximate surface area is 204 Å². The van der Waals surface area contributed by atoms with E-state index >= 15 is 0 Å². The minimum Gasteiger partial charge on any atom is -0.497 e. The van der Waals surface area contributed by atoms with Crippen LogP contribution in [-0.4, -0.2) is 82.3 Å². The molecule has 0 bridgehead atoms. The maximum Gasteiger partial charge on any atom is 0.238 e. The highest BCUT2D eigenvalue weighted by atomic mass is 35.5. The average molecular weight is 488 g/mol. The second-order valence-corrected chi connectivity index (χ2v) is 8.75. The molecular formula is C24H30ClN5O4. The van der Waals surface area contributed by atoms with Crippen molar-refractivity contribution in [2.24, 2.45) is 5.73 Å². The van der Waals surface area contributed by atoms with Crippen molar-refractivity contribution in [3.05, 3.63) is 47.5 Å². The predicted octanol–water partition coefficient (Wildman–Crippen LogP) is 1.80. The normalized spacial score (nSPS) is 19.1. The van der Waals surface area contributed by atoms with E-state index in [0.29, 0.717) is 43.6 Å². The molecule has 2 amide bonds. The number of piperazine rings is 1. The fourth-order valence-corrected chi connectivity index (χ4v) is 4.64. The minimum absolute atomic E-state index is 0.0624. The fourth-order valence-electron chi connectivity index (χ4n) is 4.34. The van der Waals surface area contributed by atoms with Gasteiger partial charge in [0.05, 0.1) is 37.6 Å². The minimum atomic E-state index is -0.575. The summed E-state index contributed by atoms with van der Waals surface area (Å²) in [5.41, 5.74) is 8.20. The van der Waals surface area contributed by atoms with Gasteiger partial charge in [0.25, 0.3) is 0 Å². The fraction of sp³-hybridized carbons (Fsp3) is 0.417. The summed E-state index contributed by atoms with van der Waals surface area (Å²) in [6.07, 6.45) is 0. The number of carbonyl (C=O) groups excluding carboxylic acids is 2. The standard InChI is InChI=1S/C24H30ClN5O4/c1-33-19-5-3-18(4-6-19)29-8-9-30(22(15-29)24(26)32)16-23(31)27-17-2-7-21(20(25)14-17)28-10-12-34-13-11-28/h2-7,14,22H,8-13,15-16H2,1H3,(H2,26,32)(H,27,31)/t22-/m0/s1. The van der Waals surface area contributed by atoms with Crippen molar-refractivity contribution in [3.63, 3.8) is 0 Å². The van der Waals surface area contributed by atoms with Crippen molar-refractivity contribution in [2.75, 3.05) is 74.7 Å². The van der Waals surface area contributed by atoms with Gasteiger partial charge in [-0.15, -0.1) is 0 Å². The van der Waals surface area contributed by atoms with Crippen LogP contribution in [0.25, 0.3) is 0 Å². The van der Waals surface area contributed by atoms with Crippen molar-refractivity contribution in [3.8, 4) is 5.75 Å². The predicted molar refractivity (Wildman–Crippen MR) is 133 cm³/mol. The smallest absolute Gasteiger partial charge is 0.238 e. The Kier molecular flexibility index (Phi) is 7.77. The van der Waals surface area contributed by atoms with E-state index in [9.17, 15) is 9.59 Å². The van der Waals surface area contributed by atoms with Gasteiger partial charge in [0.15, 0.2) is 0 Å². The number of amides is 2. The Morgan fingerprint density at radius 3 is 2.47 bits per heavy atom. The highest BCUT2D eigenvalue weighted by molar-refractivity contribution is 6.33. The van der Waals surface area contributed by atoms with E-state index in [2.05, 4.69) is 15.1 Å². The molecule has 0 aromatic heterocycles. The molecule has 2 fully saturated rings. The van der Waals surface area contributed by atoms with Crippen LogP contribution in [0.4, 0.5) is 17.1 Å². The molecule has 1 atom stereocenters. The molecule has 0 spiro atoms. The van der Waals surface area contributed by atoms with E-state index in [0.717, 1.165) is 30.2 Å². The monoisotopic (exact) mass is 487 g/mol. The molecule has 0 unspecified atom stereocenters. The third-order valence-electron chi connectivity index (χ3n) is 6.19. The van der Waals surface area contributed by atoms with Crippen LogP contribution in [0.15, 0.2) is 42.5 Å². The second kappa shape index (κ2) is 10.9. The number of rotatable bonds is 7. The van der Waals surface area contributed by atoms with Crippen molar-refractivity contribution in [1.29, 1.82) is 0 Å². The number of nitrogens with zero attached hydrogens (tertiary/aromatic N) is 3. The van der Waals surface area contributed by atoms with E-state index in [1.807, 2.05) is 41.3 Å². The van der Waals surface area contributed by atoms with Gasteiger partial charge >= 0.3 is 0 Å². The Morgan fingerprint density at radius 1 is 1.09 bits per heavy atom. The molecule has 2 heterocycles. The number of nitrogens with one attached hydrogen (secondary N) is 1.